The Morgan fingerprint density at radius 1 is 0.605 bits per heavy atom. The van der Waals surface area contributed by atoms with Crippen LogP contribution in [0.2, 0.25) is 0 Å². The van der Waals surface area contributed by atoms with Crippen LogP contribution in [0.1, 0.15) is 5.56 Å². The summed E-state index contributed by atoms with van der Waals surface area (Å²) in [5, 5.41) is 0. The summed E-state index contributed by atoms with van der Waals surface area (Å²) in [7, 11) is -5.29. The summed E-state index contributed by atoms with van der Waals surface area (Å²) < 4.78 is 227. The standard InChI is InChI=1S/C16H8F17O4P/c17-8(9(18)11(21,22)13(25,26)15(29,30)31)10(19,20)12(23,24)14(27,28)16(32,33)37-7-3-1-6(2-4-7)5-38(34,35)36/h1-4H,5H2,(H2,34,35,36)/p-2/b9-8+. The molecule has 220 valence electrons. The van der Waals surface area contributed by atoms with Crippen molar-refractivity contribution in [2.45, 2.75) is 48.1 Å². The summed E-state index contributed by atoms with van der Waals surface area (Å²) in [6, 6.07) is 0.954. The molecule has 38 heavy (non-hydrogen) atoms. The topological polar surface area (TPSA) is 78.4 Å². The molecule has 0 N–H and O–H groups in total. The zero-order valence-corrected chi connectivity index (χ0v) is 17.9. The van der Waals surface area contributed by atoms with Crippen LogP contribution < -0.4 is 19.4 Å². The van der Waals surface area contributed by atoms with Crippen molar-refractivity contribution < 1.29 is 94.1 Å². The van der Waals surface area contributed by atoms with Gasteiger partial charge in [0.25, 0.3) is 0 Å². The highest BCUT2D eigenvalue weighted by atomic mass is 31.2. The summed E-state index contributed by atoms with van der Waals surface area (Å²) in [6.45, 7) is 0. The van der Waals surface area contributed by atoms with E-state index in [0.717, 1.165) is 0 Å². The number of halogens is 17. The van der Waals surface area contributed by atoms with E-state index < -0.39 is 79.0 Å². The molecular weight excluding hydrogens is 610 g/mol. The summed E-state index contributed by atoms with van der Waals surface area (Å²) >= 11 is 0. The lowest BCUT2D eigenvalue weighted by molar-refractivity contribution is -0.428. The Balaban J connectivity index is 3.48. The number of alkyl halides is 15. The van der Waals surface area contributed by atoms with Gasteiger partial charge < -0.3 is 19.4 Å². The molecule has 0 amide bonds. The molecule has 0 saturated carbocycles. The van der Waals surface area contributed by atoms with Crippen LogP contribution in [0, 0.1) is 0 Å². The van der Waals surface area contributed by atoms with Crippen LogP contribution in [0.4, 0.5) is 74.6 Å². The predicted octanol–water partition coefficient (Wildman–Crippen LogP) is 4.89. The molecule has 0 aliphatic rings. The first-order valence-electron chi connectivity index (χ1n) is 8.66. The smallest absolute Gasteiger partial charge is 0.471 e. The van der Waals surface area contributed by atoms with Crippen molar-refractivity contribution >= 4 is 7.94 Å². The van der Waals surface area contributed by atoms with Crippen LogP contribution >= 0.6 is 7.94 Å². The number of hydrogen-bond acceptors (Lipinski definition) is 4. The van der Waals surface area contributed by atoms with Crippen molar-refractivity contribution in [3.8, 4) is 5.75 Å². The molecule has 0 saturated heterocycles. The average molecular weight is 616 g/mol. The van der Waals surface area contributed by atoms with Crippen molar-refractivity contribution in [1.82, 2.24) is 0 Å². The maximum atomic E-state index is 13.8. The van der Waals surface area contributed by atoms with E-state index in [1.807, 2.05) is 0 Å². The third-order valence-electron chi connectivity index (χ3n) is 4.19. The van der Waals surface area contributed by atoms with Gasteiger partial charge in [0.15, 0.2) is 0 Å². The maximum absolute atomic E-state index is 13.8. The maximum Gasteiger partial charge on any atom is 0.471 e. The van der Waals surface area contributed by atoms with Crippen LogP contribution in [0.25, 0.3) is 0 Å². The van der Waals surface area contributed by atoms with E-state index in [9.17, 15) is 89.3 Å². The van der Waals surface area contributed by atoms with E-state index in [2.05, 4.69) is 4.74 Å². The van der Waals surface area contributed by atoms with Gasteiger partial charge in [-0.2, -0.15) is 73.8 Å². The number of ether oxygens (including phenoxy) is 1. The van der Waals surface area contributed by atoms with Crippen LogP contribution in [-0.4, -0.2) is 41.9 Å². The third kappa shape index (κ3) is 5.89. The van der Waals surface area contributed by atoms with Gasteiger partial charge >= 0.3 is 41.9 Å². The fraction of sp³-hybridized carbons (Fsp3) is 0.500. The van der Waals surface area contributed by atoms with Crippen molar-refractivity contribution in [1.29, 1.82) is 0 Å². The first-order valence-corrected chi connectivity index (χ1v) is 10.4. The molecule has 1 aromatic carbocycles. The van der Waals surface area contributed by atoms with Gasteiger partial charge in [-0.3, -0.25) is 0 Å². The summed E-state index contributed by atoms with van der Waals surface area (Å²) in [5.41, 5.74) is -0.531. The highest BCUT2D eigenvalue weighted by Crippen LogP contribution is 2.58. The minimum absolute atomic E-state index is 0.0885. The zero-order chi connectivity index (χ0) is 30.6. The normalized spacial score (nSPS) is 15.9. The van der Waals surface area contributed by atoms with Gasteiger partial charge in [-0.05, 0) is 17.7 Å². The van der Waals surface area contributed by atoms with Crippen LogP contribution in [0.5, 0.6) is 5.75 Å². The highest BCUT2D eigenvalue weighted by Gasteiger charge is 2.85. The Morgan fingerprint density at radius 2 is 0.974 bits per heavy atom. The van der Waals surface area contributed by atoms with E-state index in [0.29, 0.717) is 12.1 Å². The number of benzene rings is 1. The zero-order valence-electron chi connectivity index (χ0n) is 17.0. The molecule has 0 unspecified atom stereocenters. The molecule has 1 aromatic rings. The van der Waals surface area contributed by atoms with E-state index in [1.54, 1.807) is 0 Å². The molecule has 4 nitrogen and oxygen atoms in total. The molecule has 0 atom stereocenters. The molecule has 0 radical (unpaired) electrons. The first kappa shape index (κ1) is 33.9. The molecule has 0 spiro atoms. The predicted molar refractivity (Wildman–Crippen MR) is 82.7 cm³/mol. The average Bonchev–Trinajstić information content (AvgIpc) is 2.71. The molecule has 0 bridgehead atoms. The van der Waals surface area contributed by atoms with Crippen molar-refractivity contribution in [2.75, 3.05) is 0 Å². The minimum atomic E-state index is -8.08. The van der Waals surface area contributed by atoms with E-state index in [4.69, 9.17) is 0 Å². The second kappa shape index (κ2) is 9.81. The van der Waals surface area contributed by atoms with Crippen LogP contribution in [0.3, 0.4) is 0 Å². The summed E-state index contributed by atoms with van der Waals surface area (Å²) in [4.78, 5) is 31.7. The second-order valence-corrected chi connectivity index (χ2v) is 8.57. The van der Waals surface area contributed by atoms with Gasteiger partial charge in [0.05, 0.1) is 6.16 Å². The lowest BCUT2D eigenvalue weighted by Gasteiger charge is -2.42. The highest BCUT2D eigenvalue weighted by molar-refractivity contribution is 7.53. The van der Waals surface area contributed by atoms with Gasteiger partial charge in [-0.1, -0.05) is 12.1 Å². The molecule has 22 heteroatoms. The Labute approximate surface area is 198 Å². The molecule has 0 aliphatic carbocycles. The lowest BCUT2D eigenvalue weighted by atomic mass is 9.99. The fourth-order valence-electron chi connectivity index (χ4n) is 2.21. The number of allylic oxidation sites excluding steroid dienone is 2. The molecule has 0 aromatic heterocycles. The van der Waals surface area contributed by atoms with Gasteiger partial charge in [-0.15, -0.1) is 0 Å². The Bertz CT molecular complexity index is 1030. The first-order chi connectivity index (χ1) is 16.5. The van der Waals surface area contributed by atoms with Crippen molar-refractivity contribution in [3.05, 3.63) is 41.5 Å². The fourth-order valence-corrected chi connectivity index (χ4v) is 2.87. The van der Waals surface area contributed by atoms with Crippen molar-refractivity contribution in [2.24, 2.45) is 0 Å². The Hall–Kier alpha value is -2.12. The summed E-state index contributed by atoms with van der Waals surface area (Å²) in [5.74, 6) is -51.7. The Kier molecular flexibility index (Phi) is 8.75. The van der Waals surface area contributed by atoms with E-state index in [-0.39, 0.29) is 12.1 Å². The van der Waals surface area contributed by atoms with Crippen LogP contribution in [-0.2, 0) is 6.16 Å². The molecule has 1 rings (SSSR count). The monoisotopic (exact) mass is 616 g/mol. The van der Waals surface area contributed by atoms with Crippen LogP contribution in [0.15, 0.2) is 35.9 Å². The van der Waals surface area contributed by atoms with Gasteiger partial charge in [0.2, 0.25) is 11.7 Å². The number of rotatable bonds is 10. The molecule has 0 aliphatic heterocycles. The third-order valence-corrected chi connectivity index (χ3v) is 4.95. The minimum Gasteiger partial charge on any atom is -0.687 e. The SMILES string of the molecule is [O-][P+]([O-])([O-])Cc1ccc(OC(F)(F)C(F)(F)C(F)(F)C(F)(F)/C(F)=C(\F)C(F)(F)C(F)(F)C(F)(F)F)cc1. The molecule has 0 heterocycles. The van der Waals surface area contributed by atoms with E-state index >= 15 is 0 Å². The quantitative estimate of drug-likeness (QED) is 0.277. The Morgan fingerprint density at radius 3 is 1.32 bits per heavy atom. The summed E-state index contributed by atoms with van der Waals surface area (Å²) in [6.07, 6.45) is -15.8. The van der Waals surface area contributed by atoms with Gasteiger partial charge in [-0.25, -0.2) is 8.78 Å². The second-order valence-electron chi connectivity index (χ2n) is 7.03. The van der Waals surface area contributed by atoms with E-state index in [1.165, 1.54) is 0 Å². The van der Waals surface area contributed by atoms with Crippen molar-refractivity contribution in [3.63, 3.8) is 0 Å². The van der Waals surface area contributed by atoms with Gasteiger partial charge in [0.1, 0.15) is 5.75 Å². The lowest BCUT2D eigenvalue weighted by Crippen LogP contribution is -2.64. The molecular formula is C16H6F17O4P-2. The number of hydrogen-bond donors (Lipinski definition) is 0. The van der Waals surface area contributed by atoms with Gasteiger partial charge in [0, 0.05) is 0 Å². The largest absolute Gasteiger partial charge is 0.687 e. The molecule has 0 fully saturated rings.